The van der Waals surface area contributed by atoms with Gasteiger partial charge in [0.25, 0.3) is 29.7 Å². The van der Waals surface area contributed by atoms with Gasteiger partial charge in [0.2, 0.25) is 11.5 Å². The molecule has 0 amide bonds. The van der Waals surface area contributed by atoms with E-state index in [0.29, 0.717) is 15.9 Å². The summed E-state index contributed by atoms with van der Waals surface area (Å²) in [5.41, 5.74) is 0.785. The van der Waals surface area contributed by atoms with Crippen molar-refractivity contribution < 1.29 is 28.3 Å². The van der Waals surface area contributed by atoms with Gasteiger partial charge in [-0.15, -0.1) is 0 Å². The van der Waals surface area contributed by atoms with Crippen molar-refractivity contribution in [3.63, 3.8) is 0 Å². The van der Waals surface area contributed by atoms with Crippen LogP contribution >= 0.6 is 24.0 Å². The third-order valence-electron chi connectivity index (χ3n) is 7.30. The highest BCUT2D eigenvalue weighted by Gasteiger charge is 2.36. The molecule has 0 aliphatic heterocycles. The minimum atomic E-state index is -2.53. The average molecular weight is 703 g/mol. The normalized spacial score (nSPS) is 14.0. The summed E-state index contributed by atoms with van der Waals surface area (Å²) in [6.45, 7) is 17.7. The van der Waals surface area contributed by atoms with E-state index >= 15 is 0 Å². The van der Waals surface area contributed by atoms with Crippen molar-refractivity contribution in [2.45, 2.75) is 62.3 Å². The number of hydrogen-bond acceptors (Lipinski definition) is 6. The summed E-state index contributed by atoms with van der Waals surface area (Å²) in [6, 6.07) is 33.2. The van der Waals surface area contributed by atoms with Crippen LogP contribution in [0.4, 0.5) is 0 Å². The van der Waals surface area contributed by atoms with Gasteiger partial charge in [0.15, 0.2) is 15.9 Å². The molecule has 0 N–H and O–H groups in total. The van der Waals surface area contributed by atoms with Crippen LogP contribution in [0.3, 0.4) is 0 Å². The number of hydrogen-bond donors (Lipinski definition) is 0. The van der Waals surface area contributed by atoms with Gasteiger partial charge in [-0.25, -0.2) is 0 Å². The molecule has 252 valence electrons. The molecule has 3 atom stereocenters. The monoisotopic (exact) mass is 702 g/mol. The Morgan fingerprint density at radius 3 is 0.938 bits per heavy atom. The summed E-state index contributed by atoms with van der Waals surface area (Å²) in [7, 11) is -7.44. The highest BCUT2D eigenvalue weighted by molar-refractivity contribution is 7.49. The Morgan fingerprint density at radius 1 is 0.396 bits per heavy atom. The minimum absolute atomic E-state index is 0.0365. The first-order valence-corrected chi connectivity index (χ1v) is 19.4. The van der Waals surface area contributed by atoms with Crippen molar-refractivity contribution in [2.24, 2.45) is 16.2 Å². The molecule has 0 aliphatic rings. The summed E-state index contributed by atoms with van der Waals surface area (Å²) in [4.78, 5) is 42.5. The van der Waals surface area contributed by atoms with Gasteiger partial charge in [-0.05, 0) is 12.1 Å². The van der Waals surface area contributed by atoms with E-state index in [1.807, 2.05) is 153 Å². The Hall–Kier alpha value is -3.33. The SMILES string of the molecule is CC(C)(C)C(c1ccccc1)=[P+]([O-])Oc1cccc(O[P+]([O-])=C(c2ccccc2)C(C)(C)C)c1O[P+]([O-])=C(c1ccccc1)C(C)(C)C. The van der Waals surface area contributed by atoms with Crippen LogP contribution in [0.25, 0.3) is 0 Å². The van der Waals surface area contributed by atoms with Crippen molar-refractivity contribution in [2.75, 3.05) is 0 Å². The second kappa shape index (κ2) is 15.5. The number of rotatable bonds is 9. The molecular weight excluding hydrogens is 657 g/mol. The Bertz CT molecular complexity index is 1700. The highest BCUT2D eigenvalue weighted by atomic mass is 31.1. The molecule has 0 aromatic heterocycles. The van der Waals surface area contributed by atoms with Gasteiger partial charge in [-0.1, -0.05) is 159 Å². The van der Waals surface area contributed by atoms with Crippen LogP contribution in [0.2, 0.25) is 0 Å². The standard InChI is InChI=1S/C39H45O6P3/c1-37(2,3)34(28-20-13-10-14-21-28)46(40)43-31-26-19-27-32(44-47(41)35(38(4,5)6)29-22-15-11-16-23-29)33(31)45-48(42)36(39(7,8)9)30-24-17-12-18-25-30/h10-27H,1-9H3. The highest BCUT2D eigenvalue weighted by Crippen LogP contribution is 2.48. The fourth-order valence-corrected chi connectivity index (χ4v) is 9.34. The lowest BCUT2D eigenvalue weighted by molar-refractivity contribution is -0.168. The van der Waals surface area contributed by atoms with E-state index in [1.165, 1.54) is 0 Å². The van der Waals surface area contributed by atoms with E-state index in [0.717, 1.165) is 16.7 Å². The lowest BCUT2D eigenvalue weighted by Gasteiger charge is -2.22. The van der Waals surface area contributed by atoms with E-state index < -0.39 is 40.2 Å². The van der Waals surface area contributed by atoms with Gasteiger partial charge in [0.1, 0.15) is 0 Å². The van der Waals surface area contributed by atoms with E-state index in [-0.39, 0.29) is 17.2 Å². The van der Waals surface area contributed by atoms with Gasteiger partial charge in [-0.3, -0.25) is 13.6 Å². The topological polar surface area (TPSA) is 96.9 Å². The summed E-state index contributed by atoms with van der Waals surface area (Å²) in [5.74, 6) is 0.0957. The Kier molecular flexibility index (Phi) is 12.1. The molecule has 4 aromatic carbocycles. The second-order valence-corrected chi connectivity index (χ2v) is 18.0. The van der Waals surface area contributed by atoms with Crippen LogP contribution in [0.1, 0.15) is 79.0 Å². The lowest BCUT2D eigenvalue weighted by Crippen LogP contribution is -2.25. The average Bonchev–Trinajstić information content (AvgIpc) is 2.98. The first-order chi connectivity index (χ1) is 22.5. The molecule has 4 rings (SSSR count). The molecule has 6 nitrogen and oxygen atoms in total. The van der Waals surface area contributed by atoms with Crippen molar-refractivity contribution in [1.29, 1.82) is 0 Å². The van der Waals surface area contributed by atoms with Crippen LogP contribution < -0.4 is 28.3 Å². The van der Waals surface area contributed by atoms with E-state index in [4.69, 9.17) is 13.6 Å². The molecule has 0 spiro atoms. The molecule has 0 bridgehead atoms. The molecule has 0 saturated carbocycles. The van der Waals surface area contributed by atoms with Crippen molar-refractivity contribution >= 4 is 39.9 Å². The van der Waals surface area contributed by atoms with Crippen molar-refractivity contribution in [3.05, 3.63) is 126 Å². The largest absolute Gasteiger partial charge is 0.595 e. The molecule has 0 heterocycles. The van der Waals surface area contributed by atoms with Crippen molar-refractivity contribution in [3.8, 4) is 17.2 Å². The summed E-state index contributed by atoms with van der Waals surface area (Å²) in [6.07, 6.45) is 0. The lowest BCUT2D eigenvalue weighted by atomic mass is 9.88. The van der Waals surface area contributed by atoms with Crippen LogP contribution in [0, 0.1) is 16.2 Å². The van der Waals surface area contributed by atoms with Crippen LogP contribution in [0.15, 0.2) is 109 Å². The molecule has 9 heteroatoms. The van der Waals surface area contributed by atoms with E-state index in [9.17, 15) is 14.7 Å². The van der Waals surface area contributed by atoms with Gasteiger partial charge in [0.05, 0.1) is 0 Å². The van der Waals surface area contributed by atoms with Crippen LogP contribution in [-0.4, -0.2) is 15.9 Å². The predicted molar refractivity (Wildman–Crippen MR) is 199 cm³/mol. The summed E-state index contributed by atoms with van der Waals surface area (Å²) >= 11 is 0. The molecule has 3 unspecified atom stereocenters. The van der Waals surface area contributed by atoms with Crippen molar-refractivity contribution in [1.82, 2.24) is 0 Å². The zero-order valence-electron chi connectivity index (χ0n) is 29.2. The fraction of sp³-hybridized carbons (Fsp3) is 0.308. The Labute approximate surface area is 289 Å². The zero-order chi connectivity index (χ0) is 35.3. The molecule has 0 fully saturated rings. The van der Waals surface area contributed by atoms with Crippen LogP contribution in [-0.2, 0) is 0 Å². The maximum absolute atomic E-state index is 14.3. The maximum atomic E-state index is 14.3. The number of benzene rings is 4. The smallest absolute Gasteiger partial charge is 0.282 e. The third-order valence-corrected chi connectivity index (χ3v) is 12.3. The first-order valence-electron chi connectivity index (χ1n) is 15.9. The molecule has 0 saturated heterocycles. The quantitative estimate of drug-likeness (QED) is 0.162. The van der Waals surface area contributed by atoms with E-state index in [2.05, 4.69) is 0 Å². The van der Waals surface area contributed by atoms with Gasteiger partial charge < -0.3 is 14.7 Å². The fourth-order valence-electron chi connectivity index (χ4n) is 5.35. The number of para-hydroxylation sites is 1. The minimum Gasteiger partial charge on any atom is -0.595 e. The summed E-state index contributed by atoms with van der Waals surface area (Å²) < 4.78 is 18.8. The Balaban J connectivity index is 1.95. The summed E-state index contributed by atoms with van der Waals surface area (Å²) in [5, 5.41) is 1.78. The molecular formula is C39H45O6P3. The first kappa shape index (κ1) is 37.5. The second-order valence-electron chi connectivity index (χ2n) is 14.5. The van der Waals surface area contributed by atoms with Gasteiger partial charge in [-0.2, -0.15) is 0 Å². The van der Waals surface area contributed by atoms with Crippen LogP contribution in [0.5, 0.6) is 17.2 Å². The molecule has 4 aromatic rings. The van der Waals surface area contributed by atoms with Gasteiger partial charge >= 0.3 is 0 Å². The van der Waals surface area contributed by atoms with Gasteiger partial charge in [0, 0.05) is 32.9 Å². The Morgan fingerprint density at radius 2 is 0.667 bits per heavy atom. The molecule has 0 radical (unpaired) electrons. The predicted octanol–water partition coefficient (Wildman–Crippen LogP) is 8.64. The molecule has 0 aliphatic carbocycles. The van der Waals surface area contributed by atoms with E-state index in [1.54, 1.807) is 18.2 Å². The zero-order valence-corrected chi connectivity index (χ0v) is 31.9. The maximum Gasteiger partial charge on any atom is 0.282 e. The molecule has 48 heavy (non-hydrogen) atoms. The third kappa shape index (κ3) is 9.42.